The fourth-order valence-electron chi connectivity index (χ4n) is 4.23. The van der Waals surface area contributed by atoms with E-state index >= 15 is 0 Å². The monoisotopic (exact) mass is 375 g/mol. The lowest BCUT2D eigenvalue weighted by atomic mass is 9.99. The van der Waals surface area contributed by atoms with Gasteiger partial charge in [-0.25, -0.2) is 4.98 Å². The Balaban J connectivity index is 1.57. The summed E-state index contributed by atoms with van der Waals surface area (Å²) < 4.78 is 38.9. The second-order valence-electron chi connectivity index (χ2n) is 7.46. The highest BCUT2D eigenvalue weighted by molar-refractivity contribution is 5.65. The molecule has 0 spiro atoms. The Morgan fingerprint density at radius 1 is 0.889 bits per heavy atom. The molecule has 0 saturated carbocycles. The Hall–Kier alpha value is -2.08. The molecule has 0 atom stereocenters. The van der Waals surface area contributed by atoms with E-state index in [0.29, 0.717) is 17.2 Å². The minimum absolute atomic E-state index is 0.513. The molecule has 5 rings (SSSR count). The quantitative estimate of drug-likeness (QED) is 0.749. The SMILES string of the molecule is FC(F)(F)c1cccc(-c2ccc(N3CCN4CCCC3CCC4)nc2)c1. The molecule has 2 bridgehead atoms. The second kappa shape index (κ2) is 7.50. The molecule has 3 nitrogen and oxygen atoms in total. The first-order valence-electron chi connectivity index (χ1n) is 9.63. The lowest BCUT2D eigenvalue weighted by molar-refractivity contribution is -0.137. The maximum atomic E-state index is 13.0. The Morgan fingerprint density at radius 2 is 1.67 bits per heavy atom. The summed E-state index contributed by atoms with van der Waals surface area (Å²) in [7, 11) is 0. The van der Waals surface area contributed by atoms with Gasteiger partial charge in [0, 0.05) is 30.9 Å². The zero-order chi connectivity index (χ0) is 18.9. The number of anilines is 1. The van der Waals surface area contributed by atoms with Crippen molar-refractivity contribution in [3.8, 4) is 11.1 Å². The third-order valence-electron chi connectivity index (χ3n) is 5.69. The van der Waals surface area contributed by atoms with Gasteiger partial charge in [-0.05, 0) is 68.6 Å². The van der Waals surface area contributed by atoms with E-state index in [-0.39, 0.29) is 0 Å². The first-order chi connectivity index (χ1) is 13.0. The molecule has 0 unspecified atom stereocenters. The van der Waals surface area contributed by atoms with Crippen LogP contribution in [-0.4, -0.2) is 42.1 Å². The summed E-state index contributed by atoms with van der Waals surface area (Å²) in [6, 6.07) is 9.78. The Labute approximate surface area is 157 Å². The number of pyridine rings is 1. The zero-order valence-corrected chi connectivity index (χ0v) is 15.3. The van der Waals surface area contributed by atoms with E-state index in [4.69, 9.17) is 0 Å². The summed E-state index contributed by atoms with van der Waals surface area (Å²) >= 11 is 0. The first kappa shape index (κ1) is 18.3. The average Bonchev–Trinajstić information content (AvgIpc) is 2.60. The standard InChI is InChI=1S/C21H24F3N3/c22-21(23,24)18-5-1-4-16(14-18)17-8-9-20(25-15-17)27-13-12-26-10-2-6-19(27)7-3-11-26/h1,4-5,8-9,14-15,19H,2-3,6-7,10-13H2. The molecule has 144 valence electrons. The number of benzene rings is 1. The zero-order valence-electron chi connectivity index (χ0n) is 15.3. The van der Waals surface area contributed by atoms with Gasteiger partial charge < -0.3 is 9.80 Å². The van der Waals surface area contributed by atoms with Gasteiger partial charge in [-0.3, -0.25) is 0 Å². The van der Waals surface area contributed by atoms with Crippen LogP contribution in [0.1, 0.15) is 31.2 Å². The van der Waals surface area contributed by atoms with E-state index in [1.54, 1.807) is 12.3 Å². The topological polar surface area (TPSA) is 19.4 Å². The Kier molecular flexibility index (Phi) is 5.08. The van der Waals surface area contributed by atoms with Crippen LogP contribution in [0.2, 0.25) is 0 Å². The highest BCUT2D eigenvalue weighted by atomic mass is 19.4. The van der Waals surface area contributed by atoms with Crippen molar-refractivity contribution in [2.75, 3.05) is 31.1 Å². The predicted octanol–water partition coefficient (Wildman–Crippen LogP) is 4.83. The van der Waals surface area contributed by atoms with E-state index in [2.05, 4.69) is 14.8 Å². The van der Waals surface area contributed by atoms with Gasteiger partial charge in [-0.15, -0.1) is 0 Å². The van der Waals surface area contributed by atoms with Crippen molar-refractivity contribution in [1.29, 1.82) is 0 Å². The second-order valence-corrected chi connectivity index (χ2v) is 7.46. The van der Waals surface area contributed by atoms with Crippen LogP contribution >= 0.6 is 0 Å². The molecule has 0 N–H and O–H groups in total. The fraction of sp³-hybridized carbons (Fsp3) is 0.476. The molecule has 0 radical (unpaired) electrons. The number of hydrogen-bond donors (Lipinski definition) is 0. The van der Waals surface area contributed by atoms with Crippen LogP contribution in [0.15, 0.2) is 42.6 Å². The van der Waals surface area contributed by atoms with Gasteiger partial charge in [0.05, 0.1) is 5.56 Å². The molecule has 2 aromatic rings. The highest BCUT2D eigenvalue weighted by Gasteiger charge is 2.30. The molecule has 27 heavy (non-hydrogen) atoms. The number of rotatable bonds is 2. The first-order valence-corrected chi connectivity index (χ1v) is 9.63. The molecule has 3 aliphatic rings. The number of hydrogen-bond acceptors (Lipinski definition) is 3. The molecule has 3 fully saturated rings. The highest BCUT2D eigenvalue weighted by Crippen LogP contribution is 2.32. The van der Waals surface area contributed by atoms with Gasteiger partial charge in [0.2, 0.25) is 0 Å². The average molecular weight is 375 g/mol. The Bertz CT molecular complexity index is 763. The normalized spacial score (nSPS) is 23.6. The largest absolute Gasteiger partial charge is 0.416 e. The van der Waals surface area contributed by atoms with E-state index < -0.39 is 11.7 Å². The van der Waals surface area contributed by atoms with Crippen molar-refractivity contribution in [2.45, 2.75) is 37.9 Å². The van der Waals surface area contributed by atoms with Crippen LogP contribution in [0.3, 0.4) is 0 Å². The van der Waals surface area contributed by atoms with Crippen molar-refractivity contribution < 1.29 is 13.2 Å². The molecule has 1 aromatic carbocycles. The third kappa shape index (κ3) is 4.10. The lowest BCUT2D eigenvalue weighted by Crippen LogP contribution is -2.47. The van der Waals surface area contributed by atoms with Crippen LogP contribution in [0.5, 0.6) is 0 Å². The maximum Gasteiger partial charge on any atom is 0.416 e. The molecule has 4 heterocycles. The predicted molar refractivity (Wildman–Crippen MR) is 101 cm³/mol. The summed E-state index contributed by atoms with van der Waals surface area (Å²) in [6.45, 7) is 4.38. The molecule has 1 aromatic heterocycles. The smallest absolute Gasteiger partial charge is 0.352 e. The van der Waals surface area contributed by atoms with Gasteiger partial charge in [0.1, 0.15) is 5.82 Å². The molecular formula is C21H24F3N3. The van der Waals surface area contributed by atoms with Crippen molar-refractivity contribution in [3.05, 3.63) is 48.2 Å². The number of aromatic nitrogens is 1. The van der Waals surface area contributed by atoms with Gasteiger partial charge in [-0.2, -0.15) is 13.2 Å². The number of alkyl halides is 3. The van der Waals surface area contributed by atoms with Crippen molar-refractivity contribution >= 4 is 5.82 Å². The number of halogens is 3. The fourth-order valence-corrected chi connectivity index (χ4v) is 4.23. The van der Waals surface area contributed by atoms with Crippen molar-refractivity contribution in [2.24, 2.45) is 0 Å². The maximum absolute atomic E-state index is 13.0. The van der Waals surface area contributed by atoms with E-state index in [9.17, 15) is 13.2 Å². The van der Waals surface area contributed by atoms with Gasteiger partial charge in [0.15, 0.2) is 0 Å². The van der Waals surface area contributed by atoms with Crippen molar-refractivity contribution in [1.82, 2.24) is 9.88 Å². The number of nitrogens with zero attached hydrogens (tertiary/aromatic N) is 3. The summed E-state index contributed by atoms with van der Waals surface area (Å²) in [6.07, 6.45) is 2.14. The van der Waals surface area contributed by atoms with Crippen LogP contribution < -0.4 is 4.90 Å². The van der Waals surface area contributed by atoms with Crippen LogP contribution in [-0.2, 0) is 6.18 Å². The van der Waals surface area contributed by atoms with Crippen molar-refractivity contribution in [3.63, 3.8) is 0 Å². The summed E-state index contributed by atoms with van der Waals surface area (Å²) in [4.78, 5) is 9.53. The third-order valence-corrected chi connectivity index (χ3v) is 5.69. The summed E-state index contributed by atoms with van der Waals surface area (Å²) in [5, 5.41) is 0. The molecular weight excluding hydrogens is 351 g/mol. The van der Waals surface area contributed by atoms with Crippen LogP contribution in [0, 0.1) is 0 Å². The minimum atomic E-state index is -4.33. The molecule has 6 heteroatoms. The van der Waals surface area contributed by atoms with Gasteiger partial charge >= 0.3 is 6.18 Å². The van der Waals surface area contributed by atoms with Gasteiger partial charge in [0.25, 0.3) is 0 Å². The molecule has 0 amide bonds. The van der Waals surface area contributed by atoms with E-state index in [0.717, 1.165) is 25.0 Å². The van der Waals surface area contributed by atoms with E-state index in [1.165, 1.54) is 50.9 Å². The molecule has 3 aliphatic heterocycles. The minimum Gasteiger partial charge on any atom is -0.352 e. The number of fused-ring (bicyclic) bond motifs is 6. The lowest BCUT2D eigenvalue weighted by Gasteiger charge is -2.40. The summed E-state index contributed by atoms with van der Waals surface area (Å²) in [5.41, 5.74) is 0.623. The van der Waals surface area contributed by atoms with Crippen LogP contribution in [0.4, 0.5) is 19.0 Å². The molecule has 3 saturated heterocycles. The van der Waals surface area contributed by atoms with E-state index in [1.807, 2.05) is 12.1 Å². The Morgan fingerprint density at radius 3 is 2.33 bits per heavy atom. The van der Waals surface area contributed by atoms with Crippen LogP contribution in [0.25, 0.3) is 11.1 Å². The summed E-state index contributed by atoms with van der Waals surface area (Å²) in [5.74, 6) is 0.930. The van der Waals surface area contributed by atoms with Gasteiger partial charge in [-0.1, -0.05) is 12.1 Å². The molecule has 0 aliphatic carbocycles.